The quantitative estimate of drug-likeness (QED) is 0.247. The third-order valence-electron chi connectivity index (χ3n) is 5.30. The molecule has 2 heterocycles. The fourth-order valence-corrected chi connectivity index (χ4v) is 5.11. The van der Waals surface area contributed by atoms with Gasteiger partial charge in [0.1, 0.15) is 11.4 Å². The van der Waals surface area contributed by atoms with E-state index in [0.29, 0.717) is 20.4 Å². The van der Waals surface area contributed by atoms with Crippen LogP contribution in [0.1, 0.15) is 0 Å². The lowest BCUT2D eigenvalue weighted by atomic mass is 10.1. The van der Waals surface area contributed by atoms with E-state index >= 15 is 0 Å². The third-order valence-corrected chi connectivity index (χ3v) is 6.90. The number of para-hydroxylation sites is 1. The van der Waals surface area contributed by atoms with Gasteiger partial charge in [0.05, 0.1) is 18.5 Å². The number of aromatic nitrogens is 3. The molecule has 0 amide bonds. The van der Waals surface area contributed by atoms with E-state index in [4.69, 9.17) is 33.7 Å². The van der Waals surface area contributed by atoms with Crippen molar-refractivity contribution < 1.29 is 4.74 Å². The summed E-state index contributed by atoms with van der Waals surface area (Å²) in [6.07, 6.45) is 1.93. The van der Waals surface area contributed by atoms with Crippen LogP contribution in [-0.2, 0) is 0 Å². The van der Waals surface area contributed by atoms with Gasteiger partial charge in [0.2, 0.25) is 0 Å². The van der Waals surface area contributed by atoms with Gasteiger partial charge in [-0.15, -0.1) is 11.3 Å². The van der Waals surface area contributed by atoms with Gasteiger partial charge in [-0.05, 0) is 60.7 Å². The van der Waals surface area contributed by atoms with E-state index < -0.39 is 0 Å². The first kappa shape index (κ1) is 22.3. The van der Waals surface area contributed by atoms with Crippen LogP contribution in [0.25, 0.3) is 33.1 Å². The lowest BCUT2D eigenvalue weighted by Crippen LogP contribution is -2.17. The molecule has 0 atom stereocenters. The SMILES string of the molecule is COc1ccc(-n2c(=O)cc(-c3cn(-c4ccccc4)nc3-c3ccc(Cl)cc3)sc2=S)cc1. The first-order valence-electron chi connectivity index (χ1n) is 10.4. The second kappa shape index (κ2) is 9.38. The number of hydrogen-bond donors (Lipinski definition) is 0. The molecule has 8 heteroatoms. The maximum Gasteiger partial charge on any atom is 0.258 e. The summed E-state index contributed by atoms with van der Waals surface area (Å²) in [5.41, 5.74) is 3.86. The van der Waals surface area contributed by atoms with Crippen molar-refractivity contribution in [3.63, 3.8) is 0 Å². The molecule has 0 spiro atoms. The van der Waals surface area contributed by atoms with Crippen LogP contribution >= 0.6 is 35.2 Å². The molecule has 5 aromatic rings. The van der Waals surface area contributed by atoms with Crippen molar-refractivity contribution in [2.45, 2.75) is 0 Å². The van der Waals surface area contributed by atoms with E-state index in [0.717, 1.165) is 27.4 Å². The molecular weight excluding hydrogens is 486 g/mol. The van der Waals surface area contributed by atoms with Crippen molar-refractivity contribution in [2.24, 2.45) is 0 Å². The standard InChI is InChI=1S/C26H18ClN3O2S2/c1-32-21-13-11-20(12-14-21)30-24(31)15-23(34-26(30)33)22-16-29(19-5-3-2-4-6-19)28-25(22)17-7-9-18(27)10-8-17/h2-16H,1H3. The van der Waals surface area contributed by atoms with E-state index in [9.17, 15) is 4.79 Å². The third kappa shape index (κ3) is 4.33. The average molecular weight is 504 g/mol. The van der Waals surface area contributed by atoms with Gasteiger partial charge in [-0.2, -0.15) is 5.10 Å². The van der Waals surface area contributed by atoms with Crippen LogP contribution in [0.4, 0.5) is 0 Å². The average Bonchev–Trinajstić information content (AvgIpc) is 3.31. The molecule has 0 bridgehead atoms. The molecule has 0 unspecified atom stereocenters. The van der Waals surface area contributed by atoms with Gasteiger partial charge < -0.3 is 4.74 Å². The molecule has 0 aliphatic rings. The van der Waals surface area contributed by atoms with Crippen molar-refractivity contribution in [1.29, 1.82) is 0 Å². The monoisotopic (exact) mass is 503 g/mol. The minimum absolute atomic E-state index is 0.210. The van der Waals surface area contributed by atoms with Crippen LogP contribution in [0.2, 0.25) is 5.02 Å². The van der Waals surface area contributed by atoms with Crippen LogP contribution in [0.15, 0.2) is 95.9 Å². The summed E-state index contributed by atoms with van der Waals surface area (Å²) < 4.78 is 8.99. The zero-order chi connectivity index (χ0) is 23.7. The summed E-state index contributed by atoms with van der Waals surface area (Å²) >= 11 is 13.1. The summed E-state index contributed by atoms with van der Waals surface area (Å²) in [5.74, 6) is 0.712. The Kier molecular flexibility index (Phi) is 6.15. The Hall–Kier alpha value is -3.52. The molecular formula is C26H18ClN3O2S2. The first-order valence-corrected chi connectivity index (χ1v) is 12.0. The Bertz CT molecular complexity index is 1540. The number of benzene rings is 3. The number of rotatable bonds is 5. The Balaban J connectivity index is 1.66. The second-order valence-corrected chi connectivity index (χ2v) is 9.54. The minimum Gasteiger partial charge on any atom is -0.497 e. The highest BCUT2D eigenvalue weighted by Gasteiger charge is 2.17. The number of halogens is 1. The van der Waals surface area contributed by atoms with Gasteiger partial charge in [0, 0.05) is 33.3 Å². The molecule has 0 aliphatic carbocycles. The summed E-state index contributed by atoms with van der Waals surface area (Å²) in [4.78, 5) is 13.9. The highest BCUT2D eigenvalue weighted by atomic mass is 35.5. The maximum absolute atomic E-state index is 13.2. The van der Waals surface area contributed by atoms with Crippen molar-refractivity contribution in [2.75, 3.05) is 7.11 Å². The molecule has 0 fully saturated rings. The highest BCUT2D eigenvalue weighted by molar-refractivity contribution is 7.73. The zero-order valence-electron chi connectivity index (χ0n) is 18.0. The molecule has 3 aromatic carbocycles. The lowest BCUT2D eigenvalue weighted by Gasteiger charge is -2.08. The van der Waals surface area contributed by atoms with Crippen LogP contribution in [0.3, 0.4) is 0 Å². The predicted octanol–water partition coefficient (Wildman–Crippen LogP) is 6.81. The van der Waals surface area contributed by atoms with Crippen molar-refractivity contribution in [3.05, 3.63) is 110 Å². The largest absolute Gasteiger partial charge is 0.497 e. The summed E-state index contributed by atoms with van der Waals surface area (Å²) in [5, 5.41) is 5.48. The van der Waals surface area contributed by atoms with Gasteiger partial charge >= 0.3 is 0 Å². The van der Waals surface area contributed by atoms with Crippen molar-refractivity contribution >= 4 is 35.2 Å². The minimum atomic E-state index is -0.210. The normalized spacial score (nSPS) is 10.9. The van der Waals surface area contributed by atoms with Gasteiger partial charge in [-0.25, -0.2) is 4.68 Å². The molecule has 0 saturated heterocycles. The van der Waals surface area contributed by atoms with Crippen LogP contribution < -0.4 is 10.3 Å². The van der Waals surface area contributed by atoms with Crippen molar-refractivity contribution in [1.82, 2.24) is 14.3 Å². The van der Waals surface area contributed by atoms with Crippen LogP contribution in [-0.4, -0.2) is 21.5 Å². The van der Waals surface area contributed by atoms with Crippen LogP contribution in [0.5, 0.6) is 5.75 Å². The molecule has 168 valence electrons. The van der Waals surface area contributed by atoms with Crippen molar-refractivity contribution in [3.8, 4) is 38.8 Å². The molecule has 5 rings (SSSR count). The fourth-order valence-electron chi connectivity index (χ4n) is 3.62. The summed E-state index contributed by atoms with van der Waals surface area (Å²) in [6.45, 7) is 0. The Morgan fingerprint density at radius 1 is 0.941 bits per heavy atom. The lowest BCUT2D eigenvalue weighted by molar-refractivity contribution is 0.414. The van der Waals surface area contributed by atoms with Gasteiger partial charge in [-0.3, -0.25) is 9.36 Å². The number of nitrogens with zero attached hydrogens (tertiary/aromatic N) is 3. The molecule has 0 aliphatic heterocycles. The number of methoxy groups -OCH3 is 1. The molecule has 0 N–H and O–H groups in total. The van der Waals surface area contributed by atoms with E-state index in [1.807, 2.05) is 77.6 Å². The fraction of sp³-hybridized carbons (Fsp3) is 0.0385. The molecule has 5 nitrogen and oxygen atoms in total. The smallest absolute Gasteiger partial charge is 0.258 e. The van der Waals surface area contributed by atoms with E-state index in [1.54, 1.807) is 25.3 Å². The Labute approximate surface area is 210 Å². The Morgan fingerprint density at radius 3 is 2.29 bits per heavy atom. The molecule has 0 radical (unpaired) electrons. The molecule has 0 saturated carbocycles. The van der Waals surface area contributed by atoms with Gasteiger partial charge in [0.15, 0.2) is 3.95 Å². The molecule has 2 aromatic heterocycles. The van der Waals surface area contributed by atoms with E-state index in [2.05, 4.69) is 0 Å². The topological polar surface area (TPSA) is 49.0 Å². The first-order chi connectivity index (χ1) is 16.5. The molecule has 34 heavy (non-hydrogen) atoms. The van der Waals surface area contributed by atoms with Crippen LogP contribution in [0, 0.1) is 3.95 Å². The summed E-state index contributed by atoms with van der Waals surface area (Å²) in [7, 11) is 1.60. The predicted molar refractivity (Wildman–Crippen MR) is 140 cm³/mol. The summed E-state index contributed by atoms with van der Waals surface area (Å²) in [6, 6.07) is 26.2. The maximum atomic E-state index is 13.2. The Morgan fingerprint density at radius 2 is 1.65 bits per heavy atom. The number of ether oxygens (including phenoxy) is 1. The zero-order valence-corrected chi connectivity index (χ0v) is 20.4. The van der Waals surface area contributed by atoms with Gasteiger partial charge in [0.25, 0.3) is 5.56 Å². The van der Waals surface area contributed by atoms with E-state index in [-0.39, 0.29) is 5.56 Å². The van der Waals surface area contributed by atoms with E-state index in [1.165, 1.54) is 15.9 Å². The number of hydrogen-bond acceptors (Lipinski definition) is 5. The highest BCUT2D eigenvalue weighted by Crippen LogP contribution is 2.34. The van der Waals surface area contributed by atoms with Gasteiger partial charge in [-0.1, -0.05) is 41.9 Å². The second-order valence-electron chi connectivity index (χ2n) is 7.43.